The van der Waals surface area contributed by atoms with Crippen LogP contribution in [0.1, 0.15) is 29.6 Å². The molecule has 0 bridgehead atoms. The molecule has 1 aliphatic heterocycles. The fourth-order valence-electron chi connectivity index (χ4n) is 2.01. The number of hydrogen-bond donors (Lipinski definition) is 0. The van der Waals surface area contributed by atoms with Crippen molar-refractivity contribution in [3.05, 3.63) is 29.8 Å². The molecule has 2 rings (SSSR count). The maximum atomic E-state index is 12.4. The first-order valence-electron chi connectivity index (χ1n) is 6.36. The zero-order chi connectivity index (χ0) is 13.7. The summed E-state index contributed by atoms with van der Waals surface area (Å²) in [6.45, 7) is 0.527. The Morgan fingerprint density at radius 2 is 1.95 bits per heavy atom. The summed E-state index contributed by atoms with van der Waals surface area (Å²) in [5.74, 6) is 0.121. The highest BCUT2D eigenvalue weighted by atomic mass is 79.9. The van der Waals surface area contributed by atoms with Crippen molar-refractivity contribution in [2.24, 2.45) is 0 Å². The van der Waals surface area contributed by atoms with Gasteiger partial charge in [0, 0.05) is 16.8 Å². The van der Waals surface area contributed by atoms with E-state index in [1.807, 2.05) is 18.2 Å². The van der Waals surface area contributed by atoms with E-state index < -0.39 is 0 Å². The normalized spacial score (nSPS) is 15.3. The maximum Gasteiger partial charge on any atom is 0.261 e. The second kappa shape index (κ2) is 7.10. The Hall–Kier alpha value is -0.810. The number of hydrogen-bond acceptors (Lipinski definition) is 3. The van der Waals surface area contributed by atoms with Gasteiger partial charge in [-0.25, -0.2) is 0 Å². The molecule has 3 nitrogen and oxygen atoms in total. The van der Waals surface area contributed by atoms with Crippen LogP contribution in [0.25, 0.3) is 0 Å². The van der Waals surface area contributed by atoms with Gasteiger partial charge in [-0.1, -0.05) is 34.5 Å². The number of unbranched alkanes of at least 4 members (excludes halogenated alkanes) is 2. The molecule has 0 aromatic heterocycles. The van der Waals surface area contributed by atoms with Crippen LogP contribution in [0.5, 0.6) is 0 Å². The summed E-state index contributed by atoms with van der Waals surface area (Å²) in [6, 6.07) is 7.44. The molecule has 0 saturated carbocycles. The minimum Gasteiger partial charge on any atom is -0.278 e. The molecule has 2 amide bonds. The Kier molecular flexibility index (Phi) is 5.45. The van der Waals surface area contributed by atoms with Gasteiger partial charge < -0.3 is 0 Å². The lowest BCUT2D eigenvalue weighted by molar-refractivity contribution is -0.125. The molecule has 0 atom stereocenters. The van der Waals surface area contributed by atoms with Crippen LogP contribution in [0.3, 0.4) is 0 Å². The number of imide groups is 1. The van der Waals surface area contributed by atoms with Gasteiger partial charge in [0.25, 0.3) is 5.91 Å². The van der Waals surface area contributed by atoms with Crippen molar-refractivity contribution in [3.63, 3.8) is 0 Å². The standard InChI is InChI=1S/C14H16BrNO2S/c15-8-4-1-5-9-16-13(17)10-19-12-7-3-2-6-11(12)14(16)18/h2-3,6-7H,1,4-5,8-10H2. The molecule has 0 spiro atoms. The van der Waals surface area contributed by atoms with Gasteiger partial charge in [0.15, 0.2) is 0 Å². The largest absolute Gasteiger partial charge is 0.278 e. The van der Waals surface area contributed by atoms with E-state index in [0.29, 0.717) is 17.9 Å². The van der Waals surface area contributed by atoms with Crippen LogP contribution in [-0.2, 0) is 4.79 Å². The van der Waals surface area contributed by atoms with E-state index >= 15 is 0 Å². The van der Waals surface area contributed by atoms with Gasteiger partial charge >= 0.3 is 0 Å². The minimum atomic E-state index is -0.149. The number of rotatable bonds is 5. The molecule has 0 unspecified atom stereocenters. The Balaban J connectivity index is 2.10. The van der Waals surface area contributed by atoms with Crippen molar-refractivity contribution >= 4 is 39.5 Å². The fraction of sp³-hybridized carbons (Fsp3) is 0.429. The Morgan fingerprint density at radius 1 is 1.16 bits per heavy atom. The molecule has 0 saturated heterocycles. The highest BCUT2D eigenvalue weighted by Gasteiger charge is 2.27. The van der Waals surface area contributed by atoms with E-state index in [-0.39, 0.29) is 11.8 Å². The average molecular weight is 342 g/mol. The zero-order valence-corrected chi connectivity index (χ0v) is 13.0. The van der Waals surface area contributed by atoms with Gasteiger partial charge in [-0.05, 0) is 25.0 Å². The molecule has 102 valence electrons. The molecular formula is C14H16BrNO2S. The van der Waals surface area contributed by atoms with Crippen LogP contribution < -0.4 is 0 Å². The first-order chi connectivity index (χ1) is 9.24. The third kappa shape index (κ3) is 3.60. The first kappa shape index (κ1) is 14.6. The number of carbonyl (C=O) groups excluding carboxylic acids is 2. The van der Waals surface area contributed by atoms with E-state index in [1.54, 1.807) is 6.07 Å². The number of amides is 2. The number of nitrogens with zero attached hydrogens (tertiary/aromatic N) is 1. The monoisotopic (exact) mass is 341 g/mol. The molecule has 0 N–H and O–H groups in total. The van der Waals surface area contributed by atoms with Crippen LogP contribution in [0.15, 0.2) is 29.2 Å². The predicted octanol–water partition coefficient (Wildman–Crippen LogP) is 3.33. The summed E-state index contributed by atoms with van der Waals surface area (Å²) in [5.41, 5.74) is 0.652. The lowest BCUT2D eigenvalue weighted by Gasteiger charge is -2.18. The van der Waals surface area contributed by atoms with E-state index in [9.17, 15) is 9.59 Å². The molecule has 1 aliphatic rings. The molecule has 1 aromatic rings. The highest BCUT2D eigenvalue weighted by Crippen LogP contribution is 2.27. The number of thioether (sulfide) groups is 1. The summed E-state index contributed by atoms with van der Waals surface area (Å²) < 4.78 is 0. The van der Waals surface area contributed by atoms with Crippen molar-refractivity contribution in [3.8, 4) is 0 Å². The topological polar surface area (TPSA) is 37.4 Å². The number of fused-ring (bicyclic) bond motifs is 1. The van der Waals surface area contributed by atoms with Gasteiger partial charge in [0.05, 0.1) is 11.3 Å². The van der Waals surface area contributed by atoms with Crippen molar-refractivity contribution in [2.75, 3.05) is 17.6 Å². The second-order valence-corrected chi connectivity index (χ2v) is 6.20. The third-order valence-corrected chi connectivity index (χ3v) is 4.65. The average Bonchev–Trinajstić information content (AvgIpc) is 2.55. The van der Waals surface area contributed by atoms with Crippen LogP contribution in [0.4, 0.5) is 0 Å². The molecule has 1 heterocycles. The van der Waals surface area contributed by atoms with Gasteiger partial charge in [-0.15, -0.1) is 11.8 Å². The molecule has 5 heteroatoms. The molecule has 1 aromatic carbocycles. The molecule has 0 radical (unpaired) electrons. The Morgan fingerprint density at radius 3 is 2.74 bits per heavy atom. The SMILES string of the molecule is O=C1CSc2ccccc2C(=O)N1CCCCCBr. The smallest absolute Gasteiger partial charge is 0.261 e. The molecule has 19 heavy (non-hydrogen) atoms. The number of alkyl halides is 1. The van der Waals surface area contributed by atoms with Crippen molar-refractivity contribution in [2.45, 2.75) is 24.2 Å². The summed E-state index contributed by atoms with van der Waals surface area (Å²) in [6.07, 6.45) is 2.97. The summed E-state index contributed by atoms with van der Waals surface area (Å²) >= 11 is 4.83. The Labute approximate surface area is 125 Å². The lowest BCUT2D eigenvalue weighted by atomic mass is 10.1. The number of benzene rings is 1. The van der Waals surface area contributed by atoms with Crippen molar-refractivity contribution in [1.29, 1.82) is 0 Å². The van der Waals surface area contributed by atoms with Gasteiger partial charge in [0.2, 0.25) is 5.91 Å². The van der Waals surface area contributed by atoms with Crippen LogP contribution in [-0.4, -0.2) is 34.3 Å². The van der Waals surface area contributed by atoms with Crippen LogP contribution in [0, 0.1) is 0 Å². The van der Waals surface area contributed by atoms with E-state index in [2.05, 4.69) is 15.9 Å². The summed E-state index contributed by atoms with van der Waals surface area (Å²) in [4.78, 5) is 26.7. The van der Waals surface area contributed by atoms with E-state index in [4.69, 9.17) is 0 Å². The van der Waals surface area contributed by atoms with Crippen molar-refractivity contribution < 1.29 is 9.59 Å². The summed E-state index contributed by atoms with van der Waals surface area (Å²) in [5, 5.41) is 0.966. The van der Waals surface area contributed by atoms with Crippen LogP contribution >= 0.6 is 27.7 Å². The zero-order valence-electron chi connectivity index (χ0n) is 10.6. The molecule has 0 fully saturated rings. The third-order valence-electron chi connectivity index (χ3n) is 3.03. The minimum absolute atomic E-state index is 0.0787. The predicted molar refractivity (Wildman–Crippen MR) is 80.9 cm³/mol. The van der Waals surface area contributed by atoms with Gasteiger partial charge in [0.1, 0.15) is 0 Å². The number of carbonyl (C=O) groups is 2. The van der Waals surface area contributed by atoms with Crippen molar-refractivity contribution in [1.82, 2.24) is 4.90 Å². The fourth-order valence-corrected chi connectivity index (χ4v) is 3.33. The quantitative estimate of drug-likeness (QED) is 0.468. The molecule has 0 aliphatic carbocycles. The van der Waals surface area contributed by atoms with E-state index in [1.165, 1.54) is 16.7 Å². The van der Waals surface area contributed by atoms with Gasteiger partial charge in [-0.3, -0.25) is 14.5 Å². The first-order valence-corrected chi connectivity index (χ1v) is 8.47. The summed E-state index contributed by atoms with van der Waals surface area (Å²) in [7, 11) is 0. The number of halogens is 1. The molecular weight excluding hydrogens is 326 g/mol. The van der Waals surface area contributed by atoms with E-state index in [0.717, 1.165) is 29.5 Å². The Bertz CT molecular complexity index is 478. The highest BCUT2D eigenvalue weighted by molar-refractivity contribution is 9.09. The lowest BCUT2D eigenvalue weighted by Crippen LogP contribution is -2.37. The van der Waals surface area contributed by atoms with Gasteiger partial charge in [-0.2, -0.15) is 0 Å². The maximum absolute atomic E-state index is 12.4. The second-order valence-electron chi connectivity index (χ2n) is 4.39. The van der Waals surface area contributed by atoms with Crippen LogP contribution in [0.2, 0.25) is 0 Å².